The standard InChI is InChI=1S/C24H26ClN7O3/c1-6-32-23-17(11-27-32)20-15(9-13(2)10-16(20)24(34)31(23)5)14(3)28-18-7-8-19(25)29-21(18)22(26-4)30-35-12-33/h7-12,14,28H,6H2,1-5H3,(H,26,30). The Morgan fingerprint density at radius 3 is 2.77 bits per heavy atom. The van der Waals surface area contributed by atoms with Crippen molar-refractivity contribution in [3.63, 3.8) is 0 Å². The predicted molar refractivity (Wildman–Crippen MR) is 137 cm³/mol. The zero-order valence-electron chi connectivity index (χ0n) is 20.1. The molecule has 182 valence electrons. The van der Waals surface area contributed by atoms with Gasteiger partial charge in [0.1, 0.15) is 16.5 Å². The third-order valence-electron chi connectivity index (χ3n) is 5.90. The van der Waals surface area contributed by atoms with Gasteiger partial charge in [0.15, 0.2) is 5.84 Å². The van der Waals surface area contributed by atoms with Crippen LogP contribution in [0.15, 0.2) is 40.2 Å². The van der Waals surface area contributed by atoms with E-state index in [1.807, 2.05) is 37.7 Å². The number of halogens is 1. The maximum Gasteiger partial charge on any atom is 0.320 e. The molecule has 2 N–H and O–H groups in total. The molecule has 1 aromatic carbocycles. The molecule has 0 spiro atoms. The summed E-state index contributed by atoms with van der Waals surface area (Å²) in [4.78, 5) is 37.1. The van der Waals surface area contributed by atoms with E-state index >= 15 is 0 Å². The van der Waals surface area contributed by atoms with Crippen molar-refractivity contribution in [2.24, 2.45) is 12.0 Å². The predicted octanol–water partition coefficient (Wildman–Crippen LogP) is 3.49. The van der Waals surface area contributed by atoms with Crippen LogP contribution in [0.25, 0.3) is 21.8 Å². The van der Waals surface area contributed by atoms with E-state index in [-0.39, 0.29) is 29.1 Å². The molecule has 0 amide bonds. The Morgan fingerprint density at radius 1 is 1.31 bits per heavy atom. The molecule has 0 aliphatic carbocycles. The number of rotatable bonds is 7. The smallest absolute Gasteiger partial charge is 0.320 e. The molecule has 0 radical (unpaired) electrons. The summed E-state index contributed by atoms with van der Waals surface area (Å²) in [5, 5.41) is 10.6. The average molecular weight is 496 g/mol. The highest BCUT2D eigenvalue weighted by Gasteiger charge is 2.21. The van der Waals surface area contributed by atoms with Crippen LogP contribution in [0.1, 0.15) is 36.7 Å². The van der Waals surface area contributed by atoms with Crippen molar-refractivity contribution < 1.29 is 9.63 Å². The van der Waals surface area contributed by atoms with E-state index < -0.39 is 0 Å². The topological polar surface area (TPSA) is 115 Å². The molecule has 3 aromatic heterocycles. The van der Waals surface area contributed by atoms with Crippen LogP contribution in [0.3, 0.4) is 0 Å². The number of aromatic nitrogens is 4. The number of nitrogens with zero attached hydrogens (tertiary/aromatic N) is 5. The Kier molecular flexibility index (Phi) is 6.74. The zero-order chi connectivity index (χ0) is 25.3. The summed E-state index contributed by atoms with van der Waals surface area (Å²) in [5.74, 6) is 0.226. The maximum absolute atomic E-state index is 13.3. The van der Waals surface area contributed by atoms with Crippen LogP contribution in [0, 0.1) is 6.92 Å². The third kappa shape index (κ3) is 4.32. The summed E-state index contributed by atoms with van der Waals surface area (Å²) in [5.41, 5.74) is 6.05. The molecule has 10 nitrogen and oxygen atoms in total. The SMILES string of the molecule is CCn1ncc2c3c(C(C)Nc4ccc(Cl)nc4C(=NC)NOC=O)cc(C)cc3c(=O)n(C)c21. The Hall–Kier alpha value is -3.92. The molecular weight excluding hydrogens is 470 g/mol. The van der Waals surface area contributed by atoms with E-state index in [0.717, 1.165) is 27.5 Å². The second kappa shape index (κ2) is 9.75. The minimum atomic E-state index is -0.246. The largest absolute Gasteiger partial charge is 0.377 e. The molecule has 0 saturated heterocycles. The lowest BCUT2D eigenvalue weighted by atomic mass is 9.95. The van der Waals surface area contributed by atoms with Crippen molar-refractivity contribution in [2.75, 3.05) is 12.4 Å². The number of hydrogen-bond donors (Lipinski definition) is 2. The highest BCUT2D eigenvalue weighted by Crippen LogP contribution is 2.33. The molecular formula is C24H26ClN7O3. The number of pyridine rings is 2. The van der Waals surface area contributed by atoms with Crippen molar-refractivity contribution in [3.05, 3.63) is 62.8 Å². The fourth-order valence-corrected chi connectivity index (χ4v) is 4.51. The number of carbonyl (C=O) groups excluding carboxylic acids is 1. The molecule has 1 atom stereocenters. The van der Waals surface area contributed by atoms with E-state index in [0.29, 0.717) is 23.3 Å². The summed E-state index contributed by atoms with van der Waals surface area (Å²) < 4.78 is 3.47. The number of nitrogens with one attached hydrogen (secondary N) is 2. The van der Waals surface area contributed by atoms with Crippen molar-refractivity contribution >= 4 is 51.4 Å². The van der Waals surface area contributed by atoms with Gasteiger partial charge in [-0.05, 0) is 50.1 Å². The second-order valence-corrected chi connectivity index (χ2v) is 8.51. The molecule has 35 heavy (non-hydrogen) atoms. The van der Waals surface area contributed by atoms with Crippen molar-refractivity contribution in [3.8, 4) is 0 Å². The Balaban J connectivity index is 1.89. The van der Waals surface area contributed by atoms with Gasteiger partial charge in [0.05, 0.1) is 11.9 Å². The number of anilines is 1. The van der Waals surface area contributed by atoms with Crippen LogP contribution in [-0.2, 0) is 23.2 Å². The van der Waals surface area contributed by atoms with Crippen molar-refractivity contribution in [1.29, 1.82) is 0 Å². The van der Waals surface area contributed by atoms with E-state index in [1.54, 1.807) is 23.7 Å². The summed E-state index contributed by atoms with van der Waals surface area (Å²) in [6.45, 7) is 6.86. The second-order valence-electron chi connectivity index (χ2n) is 8.12. The van der Waals surface area contributed by atoms with Crippen LogP contribution in [0.5, 0.6) is 0 Å². The van der Waals surface area contributed by atoms with Gasteiger partial charge in [-0.15, -0.1) is 0 Å². The molecule has 0 aliphatic rings. The van der Waals surface area contributed by atoms with Crippen LogP contribution in [0.4, 0.5) is 5.69 Å². The van der Waals surface area contributed by atoms with Gasteiger partial charge in [-0.2, -0.15) is 10.6 Å². The lowest BCUT2D eigenvalue weighted by molar-refractivity contribution is -0.132. The van der Waals surface area contributed by atoms with Crippen LogP contribution in [-0.4, -0.2) is 38.7 Å². The number of aryl methyl sites for hydroxylation is 3. The zero-order valence-corrected chi connectivity index (χ0v) is 20.8. The van der Waals surface area contributed by atoms with Crippen molar-refractivity contribution in [2.45, 2.75) is 33.4 Å². The fraction of sp³-hybridized carbons (Fsp3) is 0.292. The molecule has 0 fully saturated rings. The third-order valence-corrected chi connectivity index (χ3v) is 6.11. The van der Waals surface area contributed by atoms with Gasteiger partial charge in [-0.1, -0.05) is 17.7 Å². The number of carbonyl (C=O) groups is 1. The average Bonchev–Trinajstić information content (AvgIpc) is 3.28. The minimum Gasteiger partial charge on any atom is -0.377 e. The van der Waals surface area contributed by atoms with Crippen molar-refractivity contribution in [1.82, 2.24) is 24.8 Å². The van der Waals surface area contributed by atoms with Gasteiger partial charge in [0, 0.05) is 42.8 Å². The molecule has 4 aromatic rings. The number of hydroxylamine groups is 1. The van der Waals surface area contributed by atoms with Gasteiger partial charge in [-0.3, -0.25) is 19.1 Å². The number of hydrogen-bond acceptors (Lipinski definition) is 7. The Bertz CT molecular complexity index is 1520. The molecule has 0 saturated carbocycles. The number of aliphatic imine (C=N–C) groups is 1. The van der Waals surface area contributed by atoms with E-state index in [9.17, 15) is 9.59 Å². The lowest BCUT2D eigenvalue weighted by Gasteiger charge is -2.21. The van der Waals surface area contributed by atoms with E-state index in [4.69, 9.17) is 11.6 Å². The van der Waals surface area contributed by atoms with Gasteiger partial charge >= 0.3 is 6.47 Å². The number of fused-ring (bicyclic) bond motifs is 3. The Morgan fingerprint density at radius 2 is 2.09 bits per heavy atom. The normalized spacial score (nSPS) is 12.7. The summed E-state index contributed by atoms with van der Waals surface area (Å²) >= 11 is 6.14. The number of benzene rings is 1. The van der Waals surface area contributed by atoms with E-state index in [1.165, 1.54) is 7.05 Å². The summed E-state index contributed by atoms with van der Waals surface area (Å²) in [7, 11) is 3.31. The van der Waals surface area contributed by atoms with Crippen LogP contribution < -0.4 is 16.4 Å². The molecule has 1 unspecified atom stereocenters. The maximum atomic E-state index is 13.3. The van der Waals surface area contributed by atoms with Gasteiger partial charge in [0.2, 0.25) is 0 Å². The molecule has 0 aliphatic heterocycles. The quantitative estimate of drug-likeness (QED) is 0.132. The highest BCUT2D eigenvalue weighted by molar-refractivity contribution is 6.29. The number of amidine groups is 1. The molecule has 4 rings (SSSR count). The Labute approximate surface area is 206 Å². The highest BCUT2D eigenvalue weighted by atomic mass is 35.5. The molecule has 3 heterocycles. The fourth-order valence-electron chi connectivity index (χ4n) is 4.37. The first-order valence-electron chi connectivity index (χ1n) is 11.0. The van der Waals surface area contributed by atoms with Crippen LogP contribution in [0.2, 0.25) is 5.15 Å². The summed E-state index contributed by atoms with van der Waals surface area (Å²) in [6.07, 6.45) is 1.81. The van der Waals surface area contributed by atoms with Gasteiger partial charge in [0.25, 0.3) is 5.56 Å². The lowest BCUT2D eigenvalue weighted by Crippen LogP contribution is -2.27. The van der Waals surface area contributed by atoms with E-state index in [2.05, 4.69) is 36.8 Å². The first-order valence-corrected chi connectivity index (χ1v) is 11.4. The first kappa shape index (κ1) is 24.2. The van der Waals surface area contributed by atoms with Gasteiger partial charge in [-0.25, -0.2) is 9.67 Å². The molecule has 11 heteroatoms. The molecule has 0 bridgehead atoms. The minimum absolute atomic E-state index is 0.0793. The van der Waals surface area contributed by atoms with Gasteiger partial charge < -0.3 is 10.2 Å². The monoisotopic (exact) mass is 495 g/mol. The summed E-state index contributed by atoms with van der Waals surface area (Å²) in [6, 6.07) is 7.16. The first-order chi connectivity index (χ1) is 16.8. The van der Waals surface area contributed by atoms with Crippen LogP contribution >= 0.6 is 11.6 Å².